The molecule has 0 atom stereocenters. The highest BCUT2D eigenvalue weighted by Gasteiger charge is 2.13. The third-order valence-electron chi connectivity index (χ3n) is 4.87. The minimum atomic E-state index is 0.190. The van der Waals surface area contributed by atoms with Crippen molar-refractivity contribution in [2.24, 2.45) is 0 Å². The van der Waals surface area contributed by atoms with E-state index in [4.69, 9.17) is 20.2 Å². The van der Waals surface area contributed by atoms with Crippen LogP contribution >= 0.6 is 0 Å². The molecule has 7 heteroatoms. The lowest BCUT2D eigenvalue weighted by Crippen LogP contribution is -2.04. The molecule has 4 rings (SSSR count). The van der Waals surface area contributed by atoms with Gasteiger partial charge in [-0.2, -0.15) is 4.98 Å². The zero-order chi connectivity index (χ0) is 21.3. The summed E-state index contributed by atoms with van der Waals surface area (Å²) in [7, 11) is 3.22. The van der Waals surface area contributed by atoms with Crippen molar-refractivity contribution in [3.63, 3.8) is 0 Å². The Labute approximate surface area is 174 Å². The van der Waals surface area contributed by atoms with Gasteiger partial charge in [0.2, 0.25) is 5.95 Å². The summed E-state index contributed by atoms with van der Waals surface area (Å²) in [4.78, 5) is 13.6. The second kappa shape index (κ2) is 7.87. The highest BCUT2D eigenvalue weighted by molar-refractivity contribution is 5.90. The van der Waals surface area contributed by atoms with E-state index in [-0.39, 0.29) is 5.95 Å². The van der Waals surface area contributed by atoms with Gasteiger partial charge in [-0.3, -0.25) is 0 Å². The van der Waals surface area contributed by atoms with Crippen molar-refractivity contribution in [3.05, 3.63) is 59.7 Å². The second-order valence-corrected chi connectivity index (χ2v) is 7.01. The molecule has 0 saturated heterocycles. The predicted molar refractivity (Wildman–Crippen MR) is 119 cm³/mol. The molecule has 0 spiro atoms. The lowest BCUT2D eigenvalue weighted by molar-refractivity contribution is 0.355. The standard InChI is InChI=1S/C23H23N5O2/c1-13-5-7-16(14(2)11-13)26-22-21-18(27-23(24)28-22)9-8-17(25-21)15-6-10-19(29-3)20(12-15)30-4/h5-12H,1-4H3,(H3,24,26,27,28). The molecule has 0 unspecified atom stereocenters. The number of anilines is 3. The maximum atomic E-state index is 5.94. The Kier molecular flexibility index (Phi) is 5.10. The number of fused-ring (bicyclic) bond motifs is 1. The number of hydrogen-bond donors (Lipinski definition) is 2. The van der Waals surface area contributed by atoms with Gasteiger partial charge in [0.25, 0.3) is 0 Å². The van der Waals surface area contributed by atoms with Crippen molar-refractivity contribution in [2.75, 3.05) is 25.3 Å². The largest absolute Gasteiger partial charge is 0.493 e. The van der Waals surface area contributed by atoms with Gasteiger partial charge in [-0.25, -0.2) is 9.97 Å². The number of nitrogens with one attached hydrogen (secondary N) is 1. The van der Waals surface area contributed by atoms with E-state index >= 15 is 0 Å². The van der Waals surface area contributed by atoms with Gasteiger partial charge in [0, 0.05) is 11.3 Å². The second-order valence-electron chi connectivity index (χ2n) is 7.01. The van der Waals surface area contributed by atoms with Crippen molar-refractivity contribution in [1.82, 2.24) is 15.0 Å². The highest BCUT2D eigenvalue weighted by atomic mass is 16.5. The van der Waals surface area contributed by atoms with Crippen LogP contribution in [0.4, 0.5) is 17.5 Å². The minimum absolute atomic E-state index is 0.190. The molecule has 30 heavy (non-hydrogen) atoms. The number of methoxy groups -OCH3 is 2. The van der Waals surface area contributed by atoms with Crippen LogP contribution in [0, 0.1) is 13.8 Å². The first-order valence-electron chi connectivity index (χ1n) is 9.49. The smallest absolute Gasteiger partial charge is 0.222 e. The average Bonchev–Trinajstić information content (AvgIpc) is 2.74. The van der Waals surface area contributed by atoms with Gasteiger partial charge in [0.05, 0.1) is 25.4 Å². The molecule has 7 nitrogen and oxygen atoms in total. The van der Waals surface area contributed by atoms with Gasteiger partial charge < -0.3 is 20.5 Å². The normalized spacial score (nSPS) is 10.8. The van der Waals surface area contributed by atoms with Crippen molar-refractivity contribution in [3.8, 4) is 22.8 Å². The fraction of sp³-hybridized carbons (Fsp3) is 0.174. The number of nitrogens with zero attached hydrogens (tertiary/aromatic N) is 3. The Balaban J connectivity index is 1.82. The first-order chi connectivity index (χ1) is 14.5. The molecule has 0 radical (unpaired) electrons. The topological polar surface area (TPSA) is 95.2 Å². The zero-order valence-electron chi connectivity index (χ0n) is 17.4. The molecule has 3 N–H and O–H groups in total. The molecule has 0 aliphatic heterocycles. The number of aryl methyl sites for hydroxylation is 2. The summed E-state index contributed by atoms with van der Waals surface area (Å²) in [5.41, 5.74) is 12.1. The molecule has 4 aromatic rings. The summed E-state index contributed by atoms with van der Waals surface area (Å²) in [6.45, 7) is 4.11. The number of ether oxygens (including phenoxy) is 2. The number of nitrogens with two attached hydrogens (primary N) is 1. The molecular formula is C23H23N5O2. The van der Waals surface area contributed by atoms with Gasteiger partial charge in [0.15, 0.2) is 17.3 Å². The summed E-state index contributed by atoms with van der Waals surface area (Å²) in [5.74, 6) is 2.05. The summed E-state index contributed by atoms with van der Waals surface area (Å²) in [6, 6.07) is 15.6. The molecule has 0 saturated carbocycles. The molecule has 2 aromatic heterocycles. The SMILES string of the molecule is COc1ccc(-c2ccc3nc(N)nc(Nc4ccc(C)cc4C)c3n2)cc1OC. The fourth-order valence-electron chi connectivity index (χ4n) is 3.36. The molecule has 0 aliphatic carbocycles. The Morgan fingerprint density at radius 1 is 0.833 bits per heavy atom. The van der Waals surface area contributed by atoms with Crippen molar-refractivity contribution < 1.29 is 9.47 Å². The number of pyridine rings is 1. The summed E-state index contributed by atoms with van der Waals surface area (Å²) >= 11 is 0. The third-order valence-corrected chi connectivity index (χ3v) is 4.87. The molecule has 0 amide bonds. The van der Waals surface area contributed by atoms with Crippen LogP contribution < -0.4 is 20.5 Å². The number of rotatable bonds is 5. The van der Waals surface area contributed by atoms with Crippen LogP contribution in [0.2, 0.25) is 0 Å². The maximum absolute atomic E-state index is 5.94. The van der Waals surface area contributed by atoms with Gasteiger partial charge in [0.1, 0.15) is 5.52 Å². The number of benzene rings is 2. The van der Waals surface area contributed by atoms with Crippen LogP contribution in [0.15, 0.2) is 48.5 Å². The predicted octanol–water partition coefficient (Wildman–Crippen LogP) is 4.65. The quantitative estimate of drug-likeness (QED) is 0.502. The number of aromatic nitrogens is 3. The van der Waals surface area contributed by atoms with E-state index < -0.39 is 0 Å². The van der Waals surface area contributed by atoms with Crippen molar-refractivity contribution in [1.29, 1.82) is 0 Å². The highest BCUT2D eigenvalue weighted by Crippen LogP contribution is 2.33. The molecular weight excluding hydrogens is 378 g/mol. The van der Waals surface area contributed by atoms with Crippen LogP contribution in [0.3, 0.4) is 0 Å². The van der Waals surface area contributed by atoms with Gasteiger partial charge >= 0.3 is 0 Å². The van der Waals surface area contributed by atoms with E-state index in [2.05, 4.69) is 28.3 Å². The van der Waals surface area contributed by atoms with E-state index in [0.717, 1.165) is 22.5 Å². The molecule has 2 aromatic carbocycles. The van der Waals surface area contributed by atoms with Gasteiger partial charge in [-0.05, 0) is 55.8 Å². The fourth-order valence-corrected chi connectivity index (χ4v) is 3.36. The molecule has 0 bridgehead atoms. The van der Waals surface area contributed by atoms with Crippen LogP contribution in [0.25, 0.3) is 22.3 Å². The van der Waals surface area contributed by atoms with Crippen LogP contribution in [0.1, 0.15) is 11.1 Å². The molecule has 2 heterocycles. The number of nitrogen functional groups attached to an aromatic ring is 1. The van der Waals surface area contributed by atoms with Crippen molar-refractivity contribution in [2.45, 2.75) is 13.8 Å². The maximum Gasteiger partial charge on any atom is 0.222 e. The molecule has 152 valence electrons. The van der Waals surface area contributed by atoms with E-state index in [0.29, 0.717) is 28.4 Å². The Bertz CT molecular complexity index is 1240. The van der Waals surface area contributed by atoms with E-state index in [1.165, 1.54) is 5.56 Å². The van der Waals surface area contributed by atoms with E-state index in [1.54, 1.807) is 14.2 Å². The van der Waals surface area contributed by atoms with E-state index in [9.17, 15) is 0 Å². The Morgan fingerprint density at radius 2 is 1.63 bits per heavy atom. The number of hydrogen-bond acceptors (Lipinski definition) is 7. The first kappa shape index (κ1) is 19.4. The summed E-state index contributed by atoms with van der Waals surface area (Å²) in [6.07, 6.45) is 0. The van der Waals surface area contributed by atoms with Gasteiger partial charge in [-0.1, -0.05) is 17.7 Å². The van der Waals surface area contributed by atoms with Crippen LogP contribution in [0.5, 0.6) is 11.5 Å². The first-order valence-corrected chi connectivity index (χ1v) is 9.49. The summed E-state index contributed by atoms with van der Waals surface area (Å²) in [5, 5.41) is 3.36. The lowest BCUT2D eigenvalue weighted by atomic mass is 10.1. The monoisotopic (exact) mass is 401 g/mol. The Hall–Kier alpha value is -3.87. The van der Waals surface area contributed by atoms with Crippen molar-refractivity contribution >= 4 is 28.5 Å². The Morgan fingerprint density at radius 3 is 2.37 bits per heavy atom. The summed E-state index contributed by atoms with van der Waals surface area (Å²) < 4.78 is 10.7. The van der Waals surface area contributed by atoms with E-state index in [1.807, 2.05) is 49.4 Å². The van der Waals surface area contributed by atoms with Crippen LogP contribution in [-0.2, 0) is 0 Å². The lowest BCUT2D eigenvalue weighted by Gasteiger charge is -2.13. The molecule has 0 fully saturated rings. The van der Waals surface area contributed by atoms with Gasteiger partial charge in [-0.15, -0.1) is 0 Å². The zero-order valence-corrected chi connectivity index (χ0v) is 17.4. The average molecular weight is 401 g/mol. The molecule has 0 aliphatic rings. The minimum Gasteiger partial charge on any atom is -0.493 e. The van der Waals surface area contributed by atoms with Crippen LogP contribution in [-0.4, -0.2) is 29.2 Å². The third kappa shape index (κ3) is 3.69.